The number of hydrogen-bond donors (Lipinski definition) is 3. The van der Waals surface area contributed by atoms with Crippen molar-refractivity contribution in [2.75, 3.05) is 18.6 Å². The Labute approximate surface area is 168 Å². The fourth-order valence-corrected chi connectivity index (χ4v) is 2.59. The van der Waals surface area contributed by atoms with Gasteiger partial charge in [0.25, 0.3) is 11.8 Å². The third-order valence-electron chi connectivity index (χ3n) is 3.93. The molecule has 0 saturated carbocycles. The minimum Gasteiger partial charge on any atom is -0.484 e. The number of halogens is 1. The molecule has 2 aromatic heterocycles. The van der Waals surface area contributed by atoms with E-state index < -0.39 is 36.7 Å². The zero-order valence-electron chi connectivity index (χ0n) is 15.1. The molecule has 1 aromatic carbocycles. The molecule has 0 unspecified atom stereocenters. The molecule has 0 bridgehead atoms. The number of carbonyl (C=O) groups excluding carboxylic acids is 2. The molecule has 3 rings (SSSR count). The number of aryl methyl sites for hydroxylation is 1. The summed E-state index contributed by atoms with van der Waals surface area (Å²) in [5.74, 6) is -1.04. The van der Waals surface area contributed by atoms with Crippen LogP contribution < -0.4 is 21.1 Å². The first-order valence-corrected chi connectivity index (χ1v) is 8.68. The third kappa shape index (κ3) is 4.70. The summed E-state index contributed by atoms with van der Waals surface area (Å²) in [6, 6.07) is 3.49. The van der Waals surface area contributed by atoms with Gasteiger partial charge in [0.2, 0.25) is 0 Å². The molecule has 0 aliphatic rings. The highest BCUT2D eigenvalue weighted by Gasteiger charge is 2.20. The van der Waals surface area contributed by atoms with E-state index in [1.54, 1.807) is 19.1 Å². The Balaban J connectivity index is 1.61. The highest BCUT2D eigenvalue weighted by Crippen LogP contribution is 2.25. The van der Waals surface area contributed by atoms with Crippen LogP contribution in [0.25, 0.3) is 11.0 Å². The van der Waals surface area contributed by atoms with Crippen LogP contribution in [0, 0.1) is 6.92 Å². The van der Waals surface area contributed by atoms with Crippen molar-refractivity contribution in [3.05, 3.63) is 51.9 Å². The normalized spacial score (nSPS) is 11.8. The Bertz CT molecular complexity index is 1100. The lowest BCUT2D eigenvalue weighted by molar-refractivity contribution is -0.129. The molecule has 0 fully saturated rings. The van der Waals surface area contributed by atoms with E-state index in [0.29, 0.717) is 10.9 Å². The number of nitrogens with one attached hydrogen (secondary N) is 2. The van der Waals surface area contributed by atoms with E-state index in [0.717, 1.165) is 0 Å². The maximum absolute atomic E-state index is 12.1. The first-order valence-electron chi connectivity index (χ1n) is 8.30. The molecule has 2 amide bonds. The molecule has 11 nitrogen and oxygen atoms in total. The lowest BCUT2D eigenvalue weighted by atomic mass is 10.1. The van der Waals surface area contributed by atoms with Gasteiger partial charge in [0.05, 0.1) is 6.61 Å². The van der Waals surface area contributed by atoms with Gasteiger partial charge in [-0.3, -0.25) is 15.0 Å². The Morgan fingerprint density at radius 3 is 2.76 bits per heavy atom. The van der Waals surface area contributed by atoms with Gasteiger partial charge in [-0.15, -0.1) is 10.2 Å². The molecule has 3 aromatic rings. The minimum atomic E-state index is -1.20. The van der Waals surface area contributed by atoms with Crippen LogP contribution in [-0.2, 0) is 9.59 Å². The lowest BCUT2D eigenvalue weighted by Gasteiger charge is -2.16. The van der Waals surface area contributed by atoms with E-state index in [4.69, 9.17) is 20.8 Å². The highest BCUT2D eigenvalue weighted by molar-refractivity contribution is 6.31. The number of aliphatic hydroxyl groups is 1. The summed E-state index contributed by atoms with van der Waals surface area (Å²) in [6.45, 7) is 0.634. The van der Waals surface area contributed by atoms with Crippen molar-refractivity contribution >= 4 is 34.4 Å². The van der Waals surface area contributed by atoms with Gasteiger partial charge < -0.3 is 19.6 Å². The molecular weight excluding hydrogens is 406 g/mol. The van der Waals surface area contributed by atoms with Crippen LogP contribution >= 0.6 is 11.6 Å². The molecule has 0 saturated heterocycles. The number of hydrogen-bond acceptors (Lipinski definition) is 8. The van der Waals surface area contributed by atoms with E-state index in [1.807, 2.05) is 0 Å². The summed E-state index contributed by atoms with van der Waals surface area (Å²) in [7, 11) is 0. The number of ether oxygens (including phenoxy) is 1. The van der Waals surface area contributed by atoms with Gasteiger partial charge in [-0.25, -0.2) is 9.47 Å². The number of rotatable bonds is 7. The summed E-state index contributed by atoms with van der Waals surface area (Å²) in [4.78, 5) is 35.8. The monoisotopic (exact) mass is 421 g/mol. The first kappa shape index (κ1) is 20.3. The lowest BCUT2D eigenvalue weighted by Crippen LogP contribution is -2.49. The zero-order valence-corrected chi connectivity index (χ0v) is 15.8. The molecule has 0 spiro atoms. The SMILES string of the molecule is Cc1c(Cl)c(=O)oc2cc(OCC(=O)N[C@@H](CO)C(=O)Nn3cnnc3)ccc12. The standard InChI is InChI=1S/C17H16ClN5O6/c1-9-11-3-2-10(4-13(11)29-17(27)15(9)18)28-6-14(25)21-12(5-24)16(26)22-23-7-19-20-8-23/h2-4,7-8,12,24H,5-6H2,1H3,(H,21,25)(H,22,26)/t12-/m0/s1. The van der Waals surface area contributed by atoms with E-state index in [1.165, 1.54) is 23.4 Å². The quantitative estimate of drug-likeness (QED) is 0.450. The van der Waals surface area contributed by atoms with Crippen molar-refractivity contribution < 1.29 is 23.8 Å². The Morgan fingerprint density at radius 2 is 2.07 bits per heavy atom. The van der Waals surface area contributed by atoms with Gasteiger partial charge in [0, 0.05) is 11.5 Å². The second kappa shape index (κ2) is 8.71. The Morgan fingerprint density at radius 1 is 1.34 bits per heavy atom. The maximum Gasteiger partial charge on any atom is 0.355 e. The van der Waals surface area contributed by atoms with Crippen molar-refractivity contribution in [3.8, 4) is 5.75 Å². The molecule has 12 heteroatoms. The van der Waals surface area contributed by atoms with Crippen LogP contribution in [-0.4, -0.2) is 51.0 Å². The molecule has 0 aliphatic heterocycles. The van der Waals surface area contributed by atoms with E-state index >= 15 is 0 Å². The van der Waals surface area contributed by atoms with E-state index in [9.17, 15) is 19.5 Å². The average molecular weight is 422 g/mol. The van der Waals surface area contributed by atoms with E-state index in [-0.39, 0.29) is 16.4 Å². The second-order valence-corrected chi connectivity index (χ2v) is 6.30. The Hall–Kier alpha value is -3.44. The number of aliphatic hydroxyl groups excluding tert-OH is 1. The molecule has 1 atom stereocenters. The summed E-state index contributed by atoms with van der Waals surface area (Å²) in [6.07, 6.45) is 2.48. The average Bonchev–Trinajstić information content (AvgIpc) is 3.21. The minimum absolute atomic E-state index is 0.00495. The number of amides is 2. The van der Waals surface area contributed by atoms with Gasteiger partial charge in [-0.2, -0.15) is 0 Å². The third-order valence-corrected chi connectivity index (χ3v) is 4.37. The molecule has 152 valence electrons. The van der Waals surface area contributed by atoms with Crippen molar-refractivity contribution in [2.24, 2.45) is 0 Å². The predicted octanol–water partition coefficient (Wildman–Crippen LogP) is -0.0275. The van der Waals surface area contributed by atoms with Gasteiger partial charge in [-0.1, -0.05) is 11.6 Å². The number of aromatic nitrogens is 3. The zero-order chi connectivity index (χ0) is 21.0. The van der Waals surface area contributed by atoms with Gasteiger partial charge in [0.1, 0.15) is 35.1 Å². The van der Waals surface area contributed by atoms with Crippen LogP contribution in [0.4, 0.5) is 0 Å². The number of fused-ring (bicyclic) bond motifs is 1. The van der Waals surface area contributed by atoms with Crippen molar-refractivity contribution in [3.63, 3.8) is 0 Å². The summed E-state index contributed by atoms with van der Waals surface area (Å²) in [5, 5.41) is 19.4. The van der Waals surface area contributed by atoms with Crippen LogP contribution in [0.2, 0.25) is 5.02 Å². The smallest absolute Gasteiger partial charge is 0.355 e. The molecule has 0 aliphatic carbocycles. The van der Waals surface area contributed by atoms with Crippen molar-refractivity contribution in [1.82, 2.24) is 20.2 Å². The van der Waals surface area contributed by atoms with Gasteiger partial charge in [0.15, 0.2) is 6.61 Å². The number of carbonyl (C=O) groups is 2. The summed E-state index contributed by atoms with van der Waals surface area (Å²) < 4.78 is 11.7. The highest BCUT2D eigenvalue weighted by atomic mass is 35.5. The summed E-state index contributed by atoms with van der Waals surface area (Å²) >= 11 is 5.88. The van der Waals surface area contributed by atoms with Crippen LogP contribution in [0.5, 0.6) is 5.75 Å². The van der Waals surface area contributed by atoms with Crippen LogP contribution in [0.3, 0.4) is 0 Å². The largest absolute Gasteiger partial charge is 0.484 e. The maximum atomic E-state index is 12.1. The fraction of sp³-hybridized carbons (Fsp3) is 0.235. The molecule has 3 N–H and O–H groups in total. The molecule has 0 radical (unpaired) electrons. The predicted molar refractivity (Wildman–Crippen MR) is 101 cm³/mol. The number of benzene rings is 1. The van der Waals surface area contributed by atoms with Gasteiger partial charge >= 0.3 is 5.63 Å². The van der Waals surface area contributed by atoms with Gasteiger partial charge in [-0.05, 0) is 24.6 Å². The van der Waals surface area contributed by atoms with E-state index in [2.05, 4.69) is 20.9 Å². The molecule has 2 heterocycles. The van der Waals surface area contributed by atoms with Crippen molar-refractivity contribution in [2.45, 2.75) is 13.0 Å². The topological polar surface area (TPSA) is 149 Å². The Kier molecular flexibility index (Phi) is 6.10. The van der Waals surface area contributed by atoms with Crippen LogP contribution in [0.1, 0.15) is 5.56 Å². The molecular formula is C17H16ClN5O6. The first-order chi connectivity index (χ1) is 13.9. The second-order valence-electron chi connectivity index (χ2n) is 5.92. The van der Waals surface area contributed by atoms with Crippen LogP contribution in [0.15, 0.2) is 40.1 Å². The number of nitrogens with zero attached hydrogens (tertiary/aromatic N) is 3. The summed E-state index contributed by atoms with van der Waals surface area (Å²) in [5.41, 5.74) is 2.54. The van der Waals surface area contributed by atoms with Crippen molar-refractivity contribution in [1.29, 1.82) is 0 Å². The molecule has 29 heavy (non-hydrogen) atoms. The fourth-order valence-electron chi connectivity index (χ4n) is 2.45.